The van der Waals surface area contributed by atoms with Gasteiger partial charge in [0.1, 0.15) is 6.54 Å². The second-order valence-electron chi connectivity index (χ2n) is 4.30. The number of nitrogens with one attached hydrogen (secondary N) is 1. The molecule has 0 atom stereocenters. The molecule has 0 spiro atoms. The van der Waals surface area contributed by atoms with E-state index in [1.165, 1.54) is 16.2 Å². The topological polar surface area (TPSA) is 111 Å². The van der Waals surface area contributed by atoms with Gasteiger partial charge in [-0.15, -0.1) is 0 Å². The molecule has 20 heavy (non-hydrogen) atoms. The fourth-order valence-electron chi connectivity index (χ4n) is 2.04. The molecule has 0 saturated carbocycles. The molecular formula is C11H15N5O4. The minimum Gasteiger partial charge on any atom is -0.480 e. The third-order valence-electron chi connectivity index (χ3n) is 3.07. The molecule has 0 unspecified atom stereocenters. The quantitative estimate of drug-likeness (QED) is 0.739. The van der Waals surface area contributed by atoms with Crippen molar-refractivity contribution in [2.24, 2.45) is 14.1 Å². The van der Waals surface area contributed by atoms with Crippen molar-refractivity contribution in [2.75, 3.05) is 11.9 Å². The molecule has 9 heteroatoms. The second-order valence-corrected chi connectivity index (χ2v) is 4.30. The van der Waals surface area contributed by atoms with E-state index in [9.17, 15) is 14.4 Å². The number of carbonyl (C=O) groups is 1. The Morgan fingerprint density at radius 3 is 2.50 bits per heavy atom. The van der Waals surface area contributed by atoms with Crippen molar-refractivity contribution in [2.45, 2.75) is 13.5 Å². The minimum atomic E-state index is -1.04. The summed E-state index contributed by atoms with van der Waals surface area (Å²) in [7, 11) is 3.11. The predicted octanol–water partition coefficient (Wildman–Crippen LogP) is -1.05. The molecule has 0 saturated heterocycles. The summed E-state index contributed by atoms with van der Waals surface area (Å²) in [6.45, 7) is 1.63. The van der Waals surface area contributed by atoms with Gasteiger partial charge in [0.15, 0.2) is 11.2 Å². The minimum absolute atomic E-state index is 0.222. The largest absolute Gasteiger partial charge is 0.480 e. The fourth-order valence-corrected chi connectivity index (χ4v) is 2.04. The molecule has 0 aliphatic rings. The van der Waals surface area contributed by atoms with E-state index in [1.54, 1.807) is 14.0 Å². The molecule has 0 radical (unpaired) electrons. The Hall–Kier alpha value is -2.58. The summed E-state index contributed by atoms with van der Waals surface area (Å²) < 4.78 is 3.82. The number of rotatable bonds is 4. The van der Waals surface area contributed by atoms with E-state index in [4.69, 9.17) is 5.11 Å². The number of imidazole rings is 1. The number of fused-ring (bicyclic) bond motifs is 1. The highest BCUT2D eigenvalue weighted by atomic mass is 16.4. The Morgan fingerprint density at radius 1 is 1.30 bits per heavy atom. The second kappa shape index (κ2) is 4.83. The highest BCUT2D eigenvalue weighted by molar-refractivity contribution is 5.76. The summed E-state index contributed by atoms with van der Waals surface area (Å²) in [5.41, 5.74) is -0.418. The van der Waals surface area contributed by atoms with Crippen molar-refractivity contribution in [1.82, 2.24) is 18.7 Å². The third kappa shape index (κ3) is 1.96. The van der Waals surface area contributed by atoms with Gasteiger partial charge in [-0.05, 0) is 6.92 Å². The van der Waals surface area contributed by atoms with Crippen LogP contribution in [0.4, 0.5) is 5.95 Å². The first kappa shape index (κ1) is 13.8. The Labute approximate surface area is 113 Å². The first-order valence-electron chi connectivity index (χ1n) is 6.00. The molecule has 2 N–H and O–H groups in total. The van der Waals surface area contributed by atoms with Gasteiger partial charge in [0.05, 0.1) is 0 Å². The number of aromatic nitrogens is 4. The molecule has 0 aliphatic carbocycles. The summed E-state index contributed by atoms with van der Waals surface area (Å²) >= 11 is 0. The van der Waals surface area contributed by atoms with Crippen LogP contribution in [-0.2, 0) is 25.4 Å². The van der Waals surface area contributed by atoms with Crippen LogP contribution in [0.25, 0.3) is 11.2 Å². The zero-order valence-corrected chi connectivity index (χ0v) is 11.4. The normalized spacial score (nSPS) is 10.9. The standard InChI is InChI=1S/C11H15N5O4/c1-4-16-9(19)7-8(15(3)11(16)20)13-10(14(7)2)12-5-6(17)18/h4-5H2,1-3H3,(H,12,13)(H,17,18). The lowest BCUT2D eigenvalue weighted by molar-refractivity contribution is -0.134. The maximum atomic E-state index is 12.2. The summed E-state index contributed by atoms with van der Waals surface area (Å²) in [6, 6.07) is 0. The van der Waals surface area contributed by atoms with Crippen molar-refractivity contribution in [3.05, 3.63) is 20.8 Å². The average molecular weight is 281 g/mol. The molecule has 0 aromatic carbocycles. The van der Waals surface area contributed by atoms with Gasteiger partial charge in [0.25, 0.3) is 5.56 Å². The van der Waals surface area contributed by atoms with Crippen LogP contribution in [0.5, 0.6) is 0 Å². The summed E-state index contributed by atoms with van der Waals surface area (Å²) in [5.74, 6) is -0.819. The molecule has 2 aromatic heterocycles. The average Bonchev–Trinajstić information content (AvgIpc) is 2.72. The number of nitrogens with zero attached hydrogens (tertiary/aromatic N) is 4. The molecule has 108 valence electrons. The van der Waals surface area contributed by atoms with Crippen LogP contribution in [0.1, 0.15) is 6.92 Å². The van der Waals surface area contributed by atoms with Gasteiger partial charge >= 0.3 is 11.7 Å². The number of hydrogen-bond donors (Lipinski definition) is 2. The lowest BCUT2D eigenvalue weighted by atomic mass is 10.5. The van der Waals surface area contributed by atoms with Crippen molar-refractivity contribution >= 4 is 23.1 Å². The fraction of sp³-hybridized carbons (Fsp3) is 0.455. The highest BCUT2D eigenvalue weighted by Gasteiger charge is 2.17. The number of carboxylic acids is 1. The molecule has 2 rings (SSSR count). The van der Waals surface area contributed by atoms with E-state index in [-0.39, 0.29) is 30.2 Å². The SMILES string of the molecule is CCn1c(=O)c2c(nc(NCC(=O)O)n2C)n(C)c1=O. The van der Waals surface area contributed by atoms with Gasteiger partial charge < -0.3 is 15.0 Å². The van der Waals surface area contributed by atoms with Gasteiger partial charge in [0, 0.05) is 20.6 Å². The van der Waals surface area contributed by atoms with Crippen LogP contribution in [0.3, 0.4) is 0 Å². The Bertz CT molecular complexity index is 798. The molecule has 2 heterocycles. The number of hydrogen-bond acceptors (Lipinski definition) is 5. The number of carboxylic acid groups (broad SMARTS) is 1. The summed E-state index contributed by atoms with van der Waals surface area (Å²) in [4.78, 5) is 38.9. The van der Waals surface area contributed by atoms with Gasteiger partial charge in [-0.2, -0.15) is 4.98 Å². The summed E-state index contributed by atoms with van der Waals surface area (Å²) in [5, 5.41) is 11.3. The van der Waals surface area contributed by atoms with E-state index in [2.05, 4.69) is 10.3 Å². The van der Waals surface area contributed by atoms with Crippen LogP contribution in [0.2, 0.25) is 0 Å². The zero-order valence-electron chi connectivity index (χ0n) is 11.4. The van der Waals surface area contributed by atoms with E-state index < -0.39 is 17.2 Å². The van der Waals surface area contributed by atoms with Crippen LogP contribution in [0.15, 0.2) is 9.59 Å². The first-order chi connectivity index (χ1) is 9.38. The van der Waals surface area contributed by atoms with Gasteiger partial charge in [-0.3, -0.25) is 18.7 Å². The van der Waals surface area contributed by atoms with E-state index >= 15 is 0 Å². The number of anilines is 1. The van der Waals surface area contributed by atoms with E-state index in [0.29, 0.717) is 0 Å². The van der Waals surface area contributed by atoms with Crippen LogP contribution in [0, 0.1) is 0 Å². The predicted molar refractivity (Wildman–Crippen MR) is 72.0 cm³/mol. The van der Waals surface area contributed by atoms with Crippen LogP contribution in [-0.4, -0.2) is 36.3 Å². The van der Waals surface area contributed by atoms with Gasteiger partial charge in [0.2, 0.25) is 5.95 Å². The maximum Gasteiger partial charge on any atom is 0.332 e. The molecular weight excluding hydrogens is 266 g/mol. The van der Waals surface area contributed by atoms with Gasteiger partial charge in [-0.1, -0.05) is 0 Å². The smallest absolute Gasteiger partial charge is 0.332 e. The molecule has 2 aromatic rings. The zero-order chi connectivity index (χ0) is 15.0. The van der Waals surface area contributed by atoms with Crippen LogP contribution >= 0.6 is 0 Å². The maximum absolute atomic E-state index is 12.2. The Kier molecular flexibility index (Phi) is 3.35. The van der Waals surface area contributed by atoms with E-state index in [1.807, 2.05) is 0 Å². The molecule has 0 amide bonds. The van der Waals surface area contributed by atoms with E-state index in [0.717, 1.165) is 4.57 Å². The van der Waals surface area contributed by atoms with Gasteiger partial charge in [-0.25, -0.2) is 4.79 Å². The Balaban J connectivity index is 2.75. The lowest BCUT2D eigenvalue weighted by Gasteiger charge is -2.05. The molecule has 0 aliphatic heterocycles. The molecule has 0 fully saturated rings. The third-order valence-corrected chi connectivity index (χ3v) is 3.07. The molecule has 9 nitrogen and oxygen atoms in total. The molecule has 0 bridgehead atoms. The van der Waals surface area contributed by atoms with Crippen molar-refractivity contribution in [1.29, 1.82) is 0 Å². The van der Waals surface area contributed by atoms with Crippen molar-refractivity contribution in [3.63, 3.8) is 0 Å². The summed E-state index contributed by atoms with van der Waals surface area (Å²) in [6.07, 6.45) is 0. The number of aryl methyl sites for hydroxylation is 2. The Morgan fingerprint density at radius 2 is 1.95 bits per heavy atom. The lowest BCUT2D eigenvalue weighted by Crippen LogP contribution is -2.39. The van der Waals surface area contributed by atoms with Crippen molar-refractivity contribution < 1.29 is 9.90 Å². The highest BCUT2D eigenvalue weighted by Crippen LogP contribution is 2.12. The monoisotopic (exact) mass is 281 g/mol. The number of aliphatic carboxylic acids is 1. The van der Waals surface area contributed by atoms with Crippen molar-refractivity contribution in [3.8, 4) is 0 Å². The first-order valence-corrected chi connectivity index (χ1v) is 6.00. The van der Waals surface area contributed by atoms with Crippen LogP contribution < -0.4 is 16.6 Å².